The van der Waals surface area contributed by atoms with Crippen molar-refractivity contribution < 1.29 is 0 Å². The van der Waals surface area contributed by atoms with Gasteiger partial charge in [-0.3, -0.25) is 0 Å². The summed E-state index contributed by atoms with van der Waals surface area (Å²) in [7, 11) is 0. The quantitative estimate of drug-likeness (QED) is 0.706. The van der Waals surface area contributed by atoms with Crippen molar-refractivity contribution in [3.63, 3.8) is 0 Å². The first-order valence-corrected chi connectivity index (χ1v) is 4.58. The van der Waals surface area contributed by atoms with Crippen LogP contribution in [0.4, 0.5) is 0 Å². The molecule has 1 aromatic rings. The van der Waals surface area contributed by atoms with Crippen LogP contribution in [0.5, 0.6) is 0 Å². The van der Waals surface area contributed by atoms with Gasteiger partial charge in [0, 0.05) is 0 Å². The molecule has 0 saturated heterocycles. The Morgan fingerprint density at radius 2 is 2.17 bits per heavy atom. The van der Waals surface area contributed by atoms with Crippen LogP contribution >= 0.6 is 0 Å². The molecular weight excluding hydrogens is 146 g/mol. The molecule has 1 fully saturated rings. The average molecular weight is 161 g/mol. The maximum absolute atomic E-state index is 5.61. The fraction of sp³-hybridized carbons (Fsp3) is 0.455. The van der Waals surface area contributed by atoms with Gasteiger partial charge in [-0.2, -0.15) is 0 Å². The maximum atomic E-state index is 5.61. The largest absolute Gasteiger partial charge is 0.330 e. The zero-order valence-electron chi connectivity index (χ0n) is 7.46. The lowest BCUT2D eigenvalue weighted by atomic mass is 10.0. The number of aryl methyl sites for hydroxylation is 1. The molecule has 0 radical (unpaired) electrons. The van der Waals surface area contributed by atoms with Crippen molar-refractivity contribution in [3.05, 3.63) is 35.4 Å². The molecule has 0 heterocycles. The van der Waals surface area contributed by atoms with Crippen LogP contribution in [0, 0.1) is 12.8 Å². The van der Waals surface area contributed by atoms with Crippen LogP contribution < -0.4 is 5.73 Å². The lowest BCUT2D eigenvalue weighted by Crippen LogP contribution is -2.02. The number of benzene rings is 1. The molecule has 1 saturated carbocycles. The van der Waals surface area contributed by atoms with E-state index >= 15 is 0 Å². The van der Waals surface area contributed by atoms with Gasteiger partial charge in [-0.1, -0.05) is 24.3 Å². The highest BCUT2D eigenvalue weighted by Gasteiger charge is 2.37. The van der Waals surface area contributed by atoms with Crippen LogP contribution in [-0.2, 0) is 0 Å². The number of hydrogen-bond acceptors (Lipinski definition) is 1. The van der Waals surface area contributed by atoms with E-state index in [1.54, 1.807) is 0 Å². The zero-order valence-corrected chi connectivity index (χ0v) is 7.46. The van der Waals surface area contributed by atoms with Crippen molar-refractivity contribution in [3.8, 4) is 0 Å². The summed E-state index contributed by atoms with van der Waals surface area (Å²) in [4.78, 5) is 0. The van der Waals surface area contributed by atoms with Crippen molar-refractivity contribution in [2.75, 3.05) is 6.54 Å². The Hall–Kier alpha value is -0.820. The van der Waals surface area contributed by atoms with Crippen molar-refractivity contribution in [1.82, 2.24) is 0 Å². The normalized spacial score (nSPS) is 27.2. The van der Waals surface area contributed by atoms with Crippen molar-refractivity contribution >= 4 is 0 Å². The van der Waals surface area contributed by atoms with Gasteiger partial charge in [-0.05, 0) is 42.9 Å². The van der Waals surface area contributed by atoms with E-state index in [9.17, 15) is 0 Å². The zero-order chi connectivity index (χ0) is 8.55. The SMILES string of the molecule is Cc1ccccc1[C@H]1C[C@H]1CN. The molecule has 0 amide bonds. The second-order valence-electron chi connectivity index (χ2n) is 3.69. The van der Waals surface area contributed by atoms with Crippen LogP contribution in [-0.4, -0.2) is 6.54 Å². The molecule has 0 aromatic heterocycles. The fourth-order valence-corrected chi connectivity index (χ4v) is 1.89. The first-order valence-electron chi connectivity index (χ1n) is 4.58. The van der Waals surface area contributed by atoms with Gasteiger partial charge < -0.3 is 5.73 Å². The highest BCUT2D eigenvalue weighted by molar-refractivity contribution is 5.33. The summed E-state index contributed by atoms with van der Waals surface area (Å²) in [5, 5.41) is 0. The smallest absolute Gasteiger partial charge is 0.00428 e. The third-order valence-corrected chi connectivity index (χ3v) is 2.81. The predicted octanol–water partition coefficient (Wildman–Crippen LogP) is 2.06. The van der Waals surface area contributed by atoms with Gasteiger partial charge in [-0.15, -0.1) is 0 Å². The van der Waals surface area contributed by atoms with Crippen molar-refractivity contribution in [1.29, 1.82) is 0 Å². The molecule has 1 aliphatic carbocycles. The van der Waals surface area contributed by atoms with E-state index in [0.29, 0.717) is 0 Å². The number of hydrogen-bond donors (Lipinski definition) is 1. The Bertz CT molecular complexity index is 280. The van der Waals surface area contributed by atoms with Gasteiger partial charge in [0.1, 0.15) is 0 Å². The maximum Gasteiger partial charge on any atom is -0.00428 e. The van der Waals surface area contributed by atoms with Gasteiger partial charge in [0.05, 0.1) is 0 Å². The Morgan fingerprint density at radius 1 is 1.42 bits per heavy atom. The van der Waals surface area contributed by atoms with Gasteiger partial charge >= 0.3 is 0 Å². The summed E-state index contributed by atoms with van der Waals surface area (Å²) in [6.07, 6.45) is 1.29. The van der Waals surface area contributed by atoms with E-state index in [0.717, 1.165) is 18.4 Å². The molecule has 0 unspecified atom stereocenters. The van der Waals surface area contributed by atoms with Crippen molar-refractivity contribution in [2.24, 2.45) is 11.7 Å². The molecule has 0 spiro atoms. The van der Waals surface area contributed by atoms with Gasteiger partial charge in [0.2, 0.25) is 0 Å². The van der Waals surface area contributed by atoms with Crippen LogP contribution in [0.3, 0.4) is 0 Å². The molecule has 0 bridgehead atoms. The molecule has 1 aromatic carbocycles. The van der Waals surface area contributed by atoms with Crippen molar-refractivity contribution in [2.45, 2.75) is 19.3 Å². The number of nitrogens with two attached hydrogens (primary N) is 1. The lowest BCUT2D eigenvalue weighted by Gasteiger charge is -2.02. The molecule has 2 N–H and O–H groups in total. The van der Waals surface area contributed by atoms with E-state index in [2.05, 4.69) is 31.2 Å². The minimum Gasteiger partial charge on any atom is -0.330 e. The fourth-order valence-electron chi connectivity index (χ4n) is 1.89. The second kappa shape index (κ2) is 2.91. The van der Waals surface area contributed by atoms with E-state index in [-0.39, 0.29) is 0 Å². The van der Waals surface area contributed by atoms with Gasteiger partial charge in [0.15, 0.2) is 0 Å². The summed E-state index contributed by atoms with van der Waals surface area (Å²) in [5.41, 5.74) is 8.53. The van der Waals surface area contributed by atoms with Crippen LogP contribution in [0.1, 0.15) is 23.5 Å². The minimum atomic E-state index is 0.756. The van der Waals surface area contributed by atoms with Crippen LogP contribution in [0.25, 0.3) is 0 Å². The van der Waals surface area contributed by atoms with E-state index in [4.69, 9.17) is 5.73 Å². The highest BCUT2D eigenvalue weighted by Crippen LogP contribution is 2.47. The molecule has 0 aliphatic heterocycles. The topological polar surface area (TPSA) is 26.0 Å². The summed E-state index contributed by atoms with van der Waals surface area (Å²) < 4.78 is 0. The third-order valence-electron chi connectivity index (χ3n) is 2.81. The van der Waals surface area contributed by atoms with E-state index < -0.39 is 0 Å². The van der Waals surface area contributed by atoms with Gasteiger partial charge in [0.25, 0.3) is 0 Å². The lowest BCUT2D eigenvalue weighted by molar-refractivity contribution is 0.807. The minimum absolute atomic E-state index is 0.756. The van der Waals surface area contributed by atoms with Gasteiger partial charge in [-0.25, -0.2) is 0 Å². The molecule has 2 rings (SSSR count). The second-order valence-corrected chi connectivity index (χ2v) is 3.69. The number of rotatable bonds is 2. The van der Waals surface area contributed by atoms with E-state index in [1.165, 1.54) is 17.5 Å². The summed E-state index contributed by atoms with van der Waals surface area (Å²) in [6, 6.07) is 8.63. The molecule has 1 aliphatic rings. The first-order chi connectivity index (χ1) is 5.83. The monoisotopic (exact) mass is 161 g/mol. The summed E-state index contributed by atoms with van der Waals surface area (Å²) >= 11 is 0. The Kier molecular flexibility index (Phi) is 1.89. The molecule has 1 nitrogen and oxygen atoms in total. The summed E-state index contributed by atoms with van der Waals surface area (Å²) in [5.74, 6) is 1.52. The Labute approximate surface area is 73.6 Å². The first kappa shape index (κ1) is 7.81. The standard InChI is InChI=1S/C11H15N/c1-8-4-2-3-5-10(8)11-6-9(11)7-12/h2-5,9,11H,6-7,12H2,1H3/t9-,11-/m0/s1. The third kappa shape index (κ3) is 1.25. The predicted molar refractivity (Wildman–Crippen MR) is 51.1 cm³/mol. The average Bonchev–Trinajstić information content (AvgIpc) is 2.84. The Balaban J connectivity index is 2.19. The van der Waals surface area contributed by atoms with Crippen LogP contribution in [0.2, 0.25) is 0 Å². The summed E-state index contributed by atoms with van der Waals surface area (Å²) in [6.45, 7) is 3.03. The van der Waals surface area contributed by atoms with E-state index in [1.807, 2.05) is 0 Å². The molecule has 12 heavy (non-hydrogen) atoms. The molecule has 1 heteroatoms. The molecule has 2 atom stereocenters. The molecule has 64 valence electrons. The Morgan fingerprint density at radius 3 is 2.75 bits per heavy atom. The molecular formula is C11H15N. The van der Waals surface area contributed by atoms with Crippen LogP contribution in [0.15, 0.2) is 24.3 Å². The highest BCUT2D eigenvalue weighted by atomic mass is 14.6.